The van der Waals surface area contributed by atoms with Crippen LogP contribution in [0.1, 0.15) is 40.0 Å². The maximum atomic E-state index is 5.94. The smallest absolute Gasteiger partial charge is 0.239 e. The molecule has 1 fully saturated rings. The highest BCUT2D eigenvalue weighted by Crippen LogP contribution is 2.31. The van der Waals surface area contributed by atoms with Gasteiger partial charge in [-0.25, -0.2) is 0 Å². The molecule has 1 aliphatic carbocycles. The lowest BCUT2D eigenvalue weighted by Crippen LogP contribution is -2.27. The van der Waals surface area contributed by atoms with E-state index >= 15 is 0 Å². The van der Waals surface area contributed by atoms with Gasteiger partial charge < -0.3 is 15.8 Å². The second-order valence-corrected chi connectivity index (χ2v) is 7.34. The number of hydrogen-bond acceptors (Lipinski definition) is 5. The van der Waals surface area contributed by atoms with Gasteiger partial charge in [0.05, 0.1) is 5.69 Å². The Morgan fingerprint density at radius 2 is 2.10 bits per heavy atom. The van der Waals surface area contributed by atoms with E-state index in [4.69, 9.17) is 10.5 Å². The van der Waals surface area contributed by atoms with E-state index in [1.807, 2.05) is 44.7 Å². The minimum Gasteiger partial charge on any atom is -0.470 e. The monoisotopic (exact) mass is 295 g/mol. The van der Waals surface area contributed by atoms with E-state index in [0.29, 0.717) is 22.9 Å². The summed E-state index contributed by atoms with van der Waals surface area (Å²) in [5, 5.41) is 4.20. The molecule has 0 saturated heterocycles. The number of ether oxygens (including phenoxy) is 1. The molecule has 0 radical (unpaired) electrons. The fourth-order valence-electron chi connectivity index (χ4n) is 2.47. The van der Waals surface area contributed by atoms with Crippen LogP contribution in [-0.2, 0) is 0 Å². The van der Waals surface area contributed by atoms with Crippen LogP contribution in [0, 0.1) is 0 Å². The Kier molecular flexibility index (Phi) is 4.68. The van der Waals surface area contributed by atoms with Crippen molar-refractivity contribution in [2.24, 2.45) is 0 Å². The predicted molar refractivity (Wildman–Crippen MR) is 87.6 cm³/mol. The van der Waals surface area contributed by atoms with Crippen molar-refractivity contribution in [1.29, 1.82) is 0 Å². The van der Waals surface area contributed by atoms with Crippen molar-refractivity contribution in [1.82, 2.24) is 4.98 Å². The number of nitrogens with one attached hydrogen (secondary N) is 1. The van der Waals surface area contributed by atoms with E-state index in [0.717, 1.165) is 5.82 Å². The normalized spacial score (nSPS) is 22.8. The van der Waals surface area contributed by atoms with E-state index < -0.39 is 0 Å². The third-order valence-electron chi connectivity index (χ3n) is 3.38. The summed E-state index contributed by atoms with van der Waals surface area (Å²) in [7, 11) is 0. The maximum Gasteiger partial charge on any atom is 0.239 e. The fourth-order valence-corrected chi connectivity index (χ4v) is 3.40. The van der Waals surface area contributed by atoms with Crippen molar-refractivity contribution >= 4 is 23.3 Å². The number of thioether (sulfide) groups is 1. The third kappa shape index (κ3) is 3.95. The maximum absolute atomic E-state index is 5.94. The molecule has 20 heavy (non-hydrogen) atoms. The van der Waals surface area contributed by atoms with Gasteiger partial charge in [-0.15, -0.1) is 0 Å². The molecule has 0 spiro atoms. The van der Waals surface area contributed by atoms with Crippen molar-refractivity contribution in [2.75, 3.05) is 17.3 Å². The van der Waals surface area contributed by atoms with Crippen LogP contribution in [0.15, 0.2) is 12.1 Å². The first-order chi connectivity index (χ1) is 9.39. The average Bonchev–Trinajstić information content (AvgIpc) is 2.79. The number of nitrogens with zero attached hydrogens (tertiary/aromatic N) is 1. The van der Waals surface area contributed by atoms with E-state index in [1.165, 1.54) is 19.3 Å². The van der Waals surface area contributed by atoms with E-state index in [2.05, 4.69) is 16.6 Å². The summed E-state index contributed by atoms with van der Waals surface area (Å²) in [4.78, 5) is 4.52. The molecule has 4 nitrogen and oxygen atoms in total. The van der Waals surface area contributed by atoms with Crippen LogP contribution in [0.5, 0.6) is 5.88 Å². The van der Waals surface area contributed by atoms with Crippen molar-refractivity contribution < 1.29 is 4.74 Å². The zero-order valence-corrected chi connectivity index (χ0v) is 13.6. The largest absolute Gasteiger partial charge is 0.470 e. The van der Waals surface area contributed by atoms with Gasteiger partial charge in [0, 0.05) is 11.3 Å². The molecule has 0 aromatic carbocycles. The highest BCUT2D eigenvalue weighted by molar-refractivity contribution is 7.99. The van der Waals surface area contributed by atoms with Gasteiger partial charge >= 0.3 is 0 Å². The molecular weight excluding hydrogens is 270 g/mol. The molecule has 3 N–H and O–H groups in total. The zero-order valence-electron chi connectivity index (χ0n) is 12.8. The van der Waals surface area contributed by atoms with Crippen LogP contribution < -0.4 is 15.8 Å². The Hall–Kier alpha value is -1.10. The van der Waals surface area contributed by atoms with Gasteiger partial charge in [0.2, 0.25) is 5.88 Å². The number of nitrogens with two attached hydrogens (primary N) is 1. The molecule has 1 aromatic rings. The topological polar surface area (TPSA) is 60.2 Å². The van der Waals surface area contributed by atoms with Gasteiger partial charge in [0.15, 0.2) is 0 Å². The van der Waals surface area contributed by atoms with Gasteiger partial charge in [0.1, 0.15) is 11.4 Å². The van der Waals surface area contributed by atoms with Crippen LogP contribution >= 0.6 is 11.8 Å². The first-order valence-electron chi connectivity index (χ1n) is 7.14. The van der Waals surface area contributed by atoms with Gasteiger partial charge in [-0.2, -0.15) is 16.7 Å². The van der Waals surface area contributed by atoms with Gasteiger partial charge in [-0.1, -0.05) is 6.42 Å². The molecule has 1 heterocycles. The molecule has 1 saturated carbocycles. The van der Waals surface area contributed by atoms with Crippen LogP contribution in [0.4, 0.5) is 11.5 Å². The Balaban J connectivity index is 2.11. The molecule has 2 unspecified atom stereocenters. The minimum atomic E-state index is -0.297. The first-order valence-corrected chi connectivity index (χ1v) is 8.43. The summed E-state index contributed by atoms with van der Waals surface area (Å²) in [6.07, 6.45) is 5.94. The Labute approximate surface area is 125 Å². The van der Waals surface area contributed by atoms with Crippen LogP contribution in [-0.4, -0.2) is 28.1 Å². The lowest BCUT2D eigenvalue weighted by molar-refractivity contribution is 0.125. The van der Waals surface area contributed by atoms with Crippen LogP contribution in [0.2, 0.25) is 0 Å². The predicted octanol–water partition coefficient (Wildman–Crippen LogP) is 3.54. The highest BCUT2D eigenvalue weighted by Gasteiger charge is 2.26. The van der Waals surface area contributed by atoms with E-state index in [1.54, 1.807) is 0 Å². The molecule has 1 aliphatic rings. The van der Waals surface area contributed by atoms with Crippen molar-refractivity contribution in [3.63, 3.8) is 0 Å². The van der Waals surface area contributed by atoms with E-state index in [-0.39, 0.29) is 5.60 Å². The number of anilines is 2. The molecule has 0 bridgehead atoms. The molecule has 2 rings (SSSR count). The summed E-state index contributed by atoms with van der Waals surface area (Å²) in [5.41, 5.74) is 6.22. The number of hydrogen-bond donors (Lipinski definition) is 2. The van der Waals surface area contributed by atoms with Crippen molar-refractivity contribution in [3.05, 3.63) is 12.1 Å². The van der Waals surface area contributed by atoms with Crippen molar-refractivity contribution in [3.8, 4) is 5.88 Å². The number of pyridine rings is 1. The van der Waals surface area contributed by atoms with Crippen molar-refractivity contribution in [2.45, 2.75) is 56.9 Å². The SMILES string of the molecule is CSC1CCCC1Nc1ccc(N)c(OC(C)(C)C)n1. The van der Waals surface area contributed by atoms with Crippen LogP contribution in [0.25, 0.3) is 0 Å². The third-order valence-corrected chi connectivity index (χ3v) is 4.55. The van der Waals surface area contributed by atoms with Crippen LogP contribution in [0.3, 0.4) is 0 Å². The molecule has 0 aliphatic heterocycles. The van der Waals surface area contributed by atoms with Gasteiger partial charge in [-0.3, -0.25) is 0 Å². The average molecular weight is 295 g/mol. The summed E-state index contributed by atoms with van der Waals surface area (Å²) >= 11 is 1.93. The number of rotatable bonds is 4. The molecule has 5 heteroatoms. The number of aromatic nitrogens is 1. The summed E-state index contributed by atoms with van der Waals surface area (Å²) in [6, 6.07) is 4.28. The second-order valence-electron chi connectivity index (χ2n) is 6.26. The molecule has 2 atom stereocenters. The standard InChI is InChI=1S/C15H25N3OS/c1-15(2,3)19-14-10(16)8-9-13(18-14)17-11-6-5-7-12(11)20-4/h8-9,11-12H,5-7,16H2,1-4H3,(H,17,18). The summed E-state index contributed by atoms with van der Waals surface area (Å²) < 4.78 is 5.81. The Morgan fingerprint density at radius 3 is 2.75 bits per heavy atom. The number of nitrogen functional groups attached to an aromatic ring is 1. The quantitative estimate of drug-likeness (QED) is 0.889. The molecule has 112 valence electrons. The first kappa shape index (κ1) is 15.3. The Morgan fingerprint density at radius 1 is 1.35 bits per heavy atom. The fraction of sp³-hybridized carbons (Fsp3) is 0.667. The zero-order chi connectivity index (χ0) is 14.8. The van der Waals surface area contributed by atoms with Gasteiger partial charge in [-0.05, 0) is 52.0 Å². The lowest BCUT2D eigenvalue weighted by Gasteiger charge is -2.23. The van der Waals surface area contributed by atoms with E-state index in [9.17, 15) is 0 Å². The Bertz CT molecular complexity index is 459. The molecule has 1 aromatic heterocycles. The highest BCUT2D eigenvalue weighted by atomic mass is 32.2. The molecule has 0 amide bonds. The molecular formula is C15H25N3OS. The summed E-state index contributed by atoms with van der Waals surface area (Å²) in [6.45, 7) is 5.98. The summed E-state index contributed by atoms with van der Waals surface area (Å²) in [5.74, 6) is 1.37. The minimum absolute atomic E-state index is 0.297. The second kappa shape index (κ2) is 6.12. The lowest BCUT2D eigenvalue weighted by atomic mass is 10.2. The van der Waals surface area contributed by atoms with Gasteiger partial charge in [0.25, 0.3) is 0 Å².